The summed E-state index contributed by atoms with van der Waals surface area (Å²) >= 11 is 0. The zero-order chi connectivity index (χ0) is 17.7. The molecule has 1 aromatic carbocycles. The van der Waals surface area contributed by atoms with E-state index in [1.54, 1.807) is 0 Å². The first-order chi connectivity index (χ1) is 11.3. The van der Waals surface area contributed by atoms with E-state index in [4.69, 9.17) is 4.74 Å². The quantitative estimate of drug-likeness (QED) is 0.861. The van der Waals surface area contributed by atoms with Crippen molar-refractivity contribution in [1.82, 2.24) is 9.62 Å². The summed E-state index contributed by atoms with van der Waals surface area (Å²) in [5.74, 6) is -0.670. The smallest absolute Gasteiger partial charge is 0.255 e. The highest BCUT2D eigenvalue weighted by molar-refractivity contribution is 7.89. The Morgan fingerprint density at radius 2 is 2.04 bits per heavy atom. The predicted octanol–water partition coefficient (Wildman–Crippen LogP) is 1.48. The molecule has 1 fully saturated rings. The fourth-order valence-electron chi connectivity index (χ4n) is 2.37. The topological polar surface area (TPSA) is 75.7 Å². The highest BCUT2D eigenvalue weighted by Crippen LogP contribution is 2.19. The van der Waals surface area contributed by atoms with Crippen LogP contribution < -0.4 is 5.32 Å². The Hall–Kier alpha value is -1.58. The first kappa shape index (κ1) is 18.8. The molecule has 0 radical (unpaired) electrons. The average Bonchev–Trinajstić information content (AvgIpc) is 2.77. The van der Waals surface area contributed by atoms with Crippen LogP contribution in [0.3, 0.4) is 0 Å². The molecule has 0 bridgehead atoms. The lowest BCUT2D eigenvalue weighted by Crippen LogP contribution is -2.36. The second kappa shape index (κ2) is 8.00. The summed E-state index contributed by atoms with van der Waals surface area (Å²) in [7, 11) is -3.68. The molecule has 24 heavy (non-hydrogen) atoms. The maximum absolute atomic E-state index is 12.7. The van der Waals surface area contributed by atoms with E-state index < -0.39 is 28.9 Å². The summed E-state index contributed by atoms with van der Waals surface area (Å²) in [4.78, 5) is 11.7. The van der Waals surface area contributed by atoms with E-state index in [2.05, 4.69) is 5.32 Å². The minimum absolute atomic E-state index is 0.0574. The standard InChI is InChI=1S/C15H20F2N2O4S/c1-11-10-19(7-2-8-23-11)24(21,22)13-5-3-12(4-6-13)15(20)18-9-14(16)17/h3-6,11,14H,2,7-10H2,1H3,(H,18,20)/t11-/m1/s1. The van der Waals surface area contributed by atoms with Crippen molar-refractivity contribution in [2.75, 3.05) is 26.2 Å². The number of hydrogen-bond donors (Lipinski definition) is 1. The summed E-state index contributed by atoms with van der Waals surface area (Å²) < 4.78 is 56.3. The maximum atomic E-state index is 12.7. The largest absolute Gasteiger partial charge is 0.377 e. The van der Waals surface area contributed by atoms with E-state index in [-0.39, 0.29) is 23.1 Å². The Bertz CT molecular complexity index is 665. The van der Waals surface area contributed by atoms with Crippen LogP contribution >= 0.6 is 0 Å². The first-order valence-electron chi connectivity index (χ1n) is 7.59. The Balaban J connectivity index is 2.12. The molecule has 0 aromatic heterocycles. The van der Waals surface area contributed by atoms with Crippen LogP contribution in [0.5, 0.6) is 0 Å². The van der Waals surface area contributed by atoms with Gasteiger partial charge < -0.3 is 10.1 Å². The van der Waals surface area contributed by atoms with Crippen molar-refractivity contribution in [3.05, 3.63) is 29.8 Å². The van der Waals surface area contributed by atoms with Crippen molar-refractivity contribution in [3.8, 4) is 0 Å². The molecule has 1 aliphatic heterocycles. The van der Waals surface area contributed by atoms with Crippen molar-refractivity contribution in [2.45, 2.75) is 30.8 Å². The molecule has 9 heteroatoms. The van der Waals surface area contributed by atoms with E-state index in [9.17, 15) is 22.0 Å². The number of rotatable bonds is 5. The third-order valence-corrected chi connectivity index (χ3v) is 5.47. The van der Waals surface area contributed by atoms with E-state index in [1.165, 1.54) is 28.6 Å². The average molecular weight is 362 g/mol. The van der Waals surface area contributed by atoms with Crippen LogP contribution in [0.15, 0.2) is 29.2 Å². The van der Waals surface area contributed by atoms with Crippen molar-refractivity contribution in [2.24, 2.45) is 0 Å². The number of hydrogen-bond acceptors (Lipinski definition) is 4. The molecule has 1 amide bonds. The van der Waals surface area contributed by atoms with Crippen LogP contribution in [0.1, 0.15) is 23.7 Å². The number of carbonyl (C=O) groups is 1. The van der Waals surface area contributed by atoms with Gasteiger partial charge in [0.15, 0.2) is 0 Å². The molecule has 0 spiro atoms. The van der Waals surface area contributed by atoms with E-state index >= 15 is 0 Å². The molecule has 1 saturated heterocycles. The van der Waals surface area contributed by atoms with Crippen LogP contribution in [0.4, 0.5) is 8.78 Å². The molecule has 0 aliphatic carbocycles. The minimum Gasteiger partial charge on any atom is -0.377 e. The molecule has 2 rings (SSSR count). The summed E-state index contributed by atoms with van der Waals surface area (Å²) in [5, 5.41) is 2.07. The van der Waals surface area contributed by atoms with Gasteiger partial charge in [-0.05, 0) is 37.6 Å². The van der Waals surface area contributed by atoms with Crippen molar-refractivity contribution < 1.29 is 26.7 Å². The maximum Gasteiger partial charge on any atom is 0.255 e. The molecule has 1 aromatic rings. The number of ether oxygens (including phenoxy) is 1. The van der Waals surface area contributed by atoms with Crippen LogP contribution in [0, 0.1) is 0 Å². The third kappa shape index (κ3) is 4.71. The zero-order valence-electron chi connectivity index (χ0n) is 13.2. The normalized spacial score (nSPS) is 19.9. The van der Waals surface area contributed by atoms with E-state index in [0.717, 1.165) is 0 Å². The number of sulfonamides is 1. The van der Waals surface area contributed by atoms with Gasteiger partial charge in [0.1, 0.15) is 0 Å². The molecule has 1 atom stereocenters. The van der Waals surface area contributed by atoms with Gasteiger partial charge in [-0.25, -0.2) is 17.2 Å². The van der Waals surface area contributed by atoms with Gasteiger partial charge >= 0.3 is 0 Å². The van der Waals surface area contributed by atoms with Crippen LogP contribution in [-0.2, 0) is 14.8 Å². The number of nitrogens with zero attached hydrogens (tertiary/aromatic N) is 1. The van der Waals surface area contributed by atoms with Crippen LogP contribution in [0.2, 0.25) is 0 Å². The van der Waals surface area contributed by atoms with E-state index in [1.807, 2.05) is 6.92 Å². The summed E-state index contributed by atoms with van der Waals surface area (Å²) in [6.07, 6.45) is -2.22. The van der Waals surface area contributed by atoms with Crippen molar-refractivity contribution in [3.63, 3.8) is 0 Å². The second-order valence-electron chi connectivity index (χ2n) is 5.52. The number of alkyl halides is 2. The Morgan fingerprint density at radius 1 is 1.38 bits per heavy atom. The monoisotopic (exact) mass is 362 g/mol. The van der Waals surface area contributed by atoms with Crippen molar-refractivity contribution in [1.29, 1.82) is 0 Å². The lowest BCUT2D eigenvalue weighted by molar-refractivity contribution is 0.0752. The van der Waals surface area contributed by atoms with Gasteiger partial charge in [0, 0.05) is 25.3 Å². The summed E-state index contributed by atoms with van der Waals surface area (Å²) in [5.41, 5.74) is 0.127. The fourth-order valence-corrected chi connectivity index (χ4v) is 3.93. The summed E-state index contributed by atoms with van der Waals surface area (Å²) in [6, 6.07) is 5.24. The first-order valence-corrected chi connectivity index (χ1v) is 9.03. The fraction of sp³-hybridized carbons (Fsp3) is 0.533. The molecular formula is C15H20F2N2O4S. The Morgan fingerprint density at radius 3 is 2.67 bits per heavy atom. The number of amides is 1. The van der Waals surface area contributed by atoms with Gasteiger partial charge in [0.25, 0.3) is 12.3 Å². The van der Waals surface area contributed by atoms with Gasteiger partial charge in [-0.1, -0.05) is 0 Å². The van der Waals surface area contributed by atoms with E-state index in [0.29, 0.717) is 19.6 Å². The SMILES string of the molecule is C[C@@H]1CN(S(=O)(=O)c2ccc(C(=O)NCC(F)F)cc2)CCCO1. The van der Waals surface area contributed by atoms with Crippen LogP contribution in [0.25, 0.3) is 0 Å². The highest BCUT2D eigenvalue weighted by atomic mass is 32.2. The molecule has 1 aliphatic rings. The number of benzene rings is 1. The highest BCUT2D eigenvalue weighted by Gasteiger charge is 2.27. The molecule has 6 nitrogen and oxygen atoms in total. The van der Waals surface area contributed by atoms with Crippen LogP contribution in [-0.4, -0.2) is 57.4 Å². The lowest BCUT2D eigenvalue weighted by Gasteiger charge is -2.21. The number of halogens is 2. The third-order valence-electron chi connectivity index (χ3n) is 3.59. The van der Waals surface area contributed by atoms with Gasteiger partial charge in [0.2, 0.25) is 10.0 Å². The number of carbonyl (C=O) groups excluding carboxylic acids is 1. The molecule has 0 unspecified atom stereocenters. The summed E-state index contributed by atoms with van der Waals surface area (Å²) in [6.45, 7) is 2.20. The minimum atomic E-state index is -3.68. The molecule has 1 N–H and O–H groups in total. The molecule has 134 valence electrons. The second-order valence-corrected chi connectivity index (χ2v) is 7.46. The molecule has 1 heterocycles. The Labute approximate surface area is 139 Å². The van der Waals surface area contributed by atoms with Gasteiger partial charge in [0.05, 0.1) is 17.5 Å². The van der Waals surface area contributed by atoms with Gasteiger partial charge in [-0.2, -0.15) is 4.31 Å². The number of nitrogens with one attached hydrogen (secondary N) is 1. The van der Waals surface area contributed by atoms with Gasteiger partial charge in [-0.3, -0.25) is 4.79 Å². The molecular weight excluding hydrogens is 342 g/mol. The Kier molecular flexibility index (Phi) is 6.25. The zero-order valence-corrected chi connectivity index (χ0v) is 14.1. The van der Waals surface area contributed by atoms with Crippen molar-refractivity contribution >= 4 is 15.9 Å². The van der Waals surface area contributed by atoms with Gasteiger partial charge in [-0.15, -0.1) is 0 Å². The molecule has 0 saturated carbocycles. The predicted molar refractivity (Wildman–Crippen MR) is 83.6 cm³/mol. The lowest BCUT2D eigenvalue weighted by atomic mass is 10.2.